The molecule has 0 fully saturated rings. The monoisotopic (exact) mass is 157 g/mol. The number of benzene rings is 1. The molecule has 0 atom stereocenters. The normalized spacial score (nSPS) is 10.3. The summed E-state index contributed by atoms with van der Waals surface area (Å²) in [6, 6.07) is 5.91. The van der Waals surface area contributed by atoms with E-state index in [2.05, 4.69) is 11.6 Å². The van der Waals surface area contributed by atoms with Gasteiger partial charge in [-0.2, -0.15) is 0 Å². The van der Waals surface area contributed by atoms with E-state index in [-0.39, 0.29) is 0 Å². The summed E-state index contributed by atoms with van der Waals surface area (Å²) in [6.45, 7) is 3.59. The van der Waals surface area contributed by atoms with Crippen LogP contribution in [0.25, 0.3) is 17.2 Å². The van der Waals surface area contributed by atoms with Crippen LogP contribution in [0.1, 0.15) is 5.89 Å². The lowest BCUT2D eigenvalue weighted by molar-refractivity contribution is 0.589. The Morgan fingerprint density at radius 3 is 3.08 bits per heavy atom. The molecule has 1 aromatic carbocycles. The molecule has 0 radical (unpaired) electrons. The topological polar surface area (TPSA) is 26.0 Å². The van der Waals surface area contributed by atoms with E-state index in [4.69, 9.17) is 4.42 Å². The zero-order chi connectivity index (χ0) is 8.55. The van der Waals surface area contributed by atoms with Gasteiger partial charge in [-0.1, -0.05) is 18.1 Å². The van der Waals surface area contributed by atoms with Crippen molar-refractivity contribution in [2.24, 2.45) is 0 Å². The maximum Gasteiger partial charge on any atom is 0.219 e. The van der Waals surface area contributed by atoms with Gasteiger partial charge < -0.3 is 4.42 Å². The fourth-order valence-corrected chi connectivity index (χ4v) is 1.14. The Morgan fingerprint density at radius 2 is 2.33 bits per heavy atom. The SMILES string of the molecule is Bc1ccc2oc(C=C)nc2c1. The summed E-state index contributed by atoms with van der Waals surface area (Å²) in [4.78, 5) is 4.21. The summed E-state index contributed by atoms with van der Waals surface area (Å²) in [5.41, 5.74) is 2.90. The second-order valence-electron chi connectivity index (χ2n) is 2.73. The third-order valence-electron chi connectivity index (χ3n) is 1.73. The minimum Gasteiger partial charge on any atom is -0.437 e. The molecular formula is C9H8BNO. The molecule has 12 heavy (non-hydrogen) atoms. The Balaban J connectivity index is 2.75. The molecule has 0 saturated heterocycles. The molecule has 0 spiro atoms. The molecule has 0 amide bonds. The maximum absolute atomic E-state index is 5.34. The molecule has 2 nitrogen and oxygen atoms in total. The first-order valence-electron chi connectivity index (χ1n) is 3.79. The molecule has 0 aliphatic heterocycles. The summed E-state index contributed by atoms with van der Waals surface area (Å²) in [6.07, 6.45) is 1.61. The first-order valence-corrected chi connectivity index (χ1v) is 3.79. The van der Waals surface area contributed by atoms with Crippen LogP contribution in [0.2, 0.25) is 0 Å². The van der Waals surface area contributed by atoms with Crippen LogP contribution in [0, 0.1) is 0 Å². The molecule has 0 saturated carbocycles. The summed E-state index contributed by atoms with van der Waals surface area (Å²) < 4.78 is 5.34. The standard InChI is InChI=1S/C9H8BNO/c1-2-9-11-7-5-6(10)3-4-8(7)12-9/h2-5H,1,10H2. The van der Waals surface area contributed by atoms with E-state index in [9.17, 15) is 0 Å². The van der Waals surface area contributed by atoms with Gasteiger partial charge in [0.05, 0.1) is 0 Å². The number of hydrogen-bond acceptors (Lipinski definition) is 2. The van der Waals surface area contributed by atoms with Gasteiger partial charge in [-0.3, -0.25) is 0 Å². The van der Waals surface area contributed by atoms with E-state index < -0.39 is 0 Å². The van der Waals surface area contributed by atoms with Crippen molar-refractivity contribution in [1.82, 2.24) is 4.98 Å². The van der Waals surface area contributed by atoms with Crippen LogP contribution < -0.4 is 5.46 Å². The predicted octanol–water partition coefficient (Wildman–Crippen LogP) is 0.729. The number of oxazole rings is 1. The average molecular weight is 157 g/mol. The van der Waals surface area contributed by atoms with Crippen molar-refractivity contribution in [1.29, 1.82) is 0 Å². The largest absolute Gasteiger partial charge is 0.437 e. The summed E-state index contributed by atoms with van der Waals surface area (Å²) >= 11 is 0. The Bertz CT molecular complexity index is 433. The Hall–Kier alpha value is -1.51. The van der Waals surface area contributed by atoms with Gasteiger partial charge in [0.25, 0.3) is 0 Å². The van der Waals surface area contributed by atoms with Gasteiger partial charge >= 0.3 is 0 Å². The van der Waals surface area contributed by atoms with Crippen LogP contribution in [-0.4, -0.2) is 12.8 Å². The molecule has 0 aliphatic rings. The maximum atomic E-state index is 5.34. The van der Waals surface area contributed by atoms with Crippen LogP contribution >= 0.6 is 0 Å². The highest BCUT2D eigenvalue weighted by molar-refractivity contribution is 6.33. The van der Waals surface area contributed by atoms with Crippen molar-refractivity contribution in [3.63, 3.8) is 0 Å². The molecule has 2 aromatic rings. The molecule has 0 bridgehead atoms. The Labute approximate surface area is 71.3 Å². The van der Waals surface area contributed by atoms with E-state index in [1.165, 1.54) is 5.46 Å². The van der Waals surface area contributed by atoms with Crippen LogP contribution in [0.15, 0.2) is 29.2 Å². The molecule has 2 rings (SSSR count). The van der Waals surface area contributed by atoms with E-state index in [0.29, 0.717) is 5.89 Å². The van der Waals surface area contributed by atoms with Crippen molar-refractivity contribution in [3.8, 4) is 0 Å². The first kappa shape index (κ1) is 7.16. The minimum atomic E-state index is 0.579. The van der Waals surface area contributed by atoms with E-state index in [0.717, 1.165) is 11.1 Å². The molecule has 0 N–H and O–H groups in total. The fourth-order valence-electron chi connectivity index (χ4n) is 1.14. The second-order valence-corrected chi connectivity index (χ2v) is 2.73. The van der Waals surface area contributed by atoms with Gasteiger partial charge in [0, 0.05) is 0 Å². The van der Waals surface area contributed by atoms with E-state index >= 15 is 0 Å². The van der Waals surface area contributed by atoms with Gasteiger partial charge in [0.1, 0.15) is 13.4 Å². The molecule has 1 aromatic heterocycles. The Morgan fingerprint density at radius 1 is 1.50 bits per heavy atom. The first-order chi connectivity index (χ1) is 5.79. The van der Waals surface area contributed by atoms with Crippen molar-refractivity contribution >= 4 is 30.5 Å². The molecular weight excluding hydrogens is 149 g/mol. The predicted molar refractivity (Wildman–Crippen MR) is 52.3 cm³/mol. The second kappa shape index (κ2) is 2.52. The van der Waals surface area contributed by atoms with Crippen LogP contribution in [0.5, 0.6) is 0 Å². The summed E-state index contributed by atoms with van der Waals surface area (Å²) in [5.74, 6) is 0.579. The van der Waals surface area contributed by atoms with Crippen molar-refractivity contribution in [2.75, 3.05) is 0 Å². The van der Waals surface area contributed by atoms with Crippen LogP contribution in [0.4, 0.5) is 0 Å². The van der Waals surface area contributed by atoms with Gasteiger partial charge in [0.2, 0.25) is 5.89 Å². The highest BCUT2D eigenvalue weighted by atomic mass is 16.3. The zero-order valence-corrected chi connectivity index (χ0v) is 6.87. The molecule has 0 aliphatic carbocycles. The van der Waals surface area contributed by atoms with E-state index in [1.807, 2.05) is 26.0 Å². The third kappa shape index (κ3) is 1.03. The van der Waals surface area contributed by atoms with Gasteiger partial charge in [0.15, 0.2) is 5.58 Å². The van der Waals surface area contributed by atoms with Crippen molar-refractivity contribution < 1.29 is 4.42 Å². The smallest absolute Gasteiger partial charge is 0.219 e. The molecule has 0 unspecified atom stereocenters. The molecule has 3 heteroatoms. The van der Waals surface area contributed by atoms with Crippen LogP contribution in [0.3, 0.4) is 0 Å². The number of aromatic nitrogens is 1. The van der Waals surface area contributed by atoms with Gasteiger partial charge in [-0.05, 0) is 18.2 Å². The zero-order valence-electron chi connectivity index (χ0n) is 6.87. The van der Waals surface area contributed by atoms with Crippen LogP contribution in [-0.2, 0) is 0 Å². The minimum absolute atomic E-state index is 0.579. The Kier molecular flexibility index (Phi) is 1.50. The van der Waals surface area contributed by atoms with E-state index in [1.54, 1.807) is 6.08 Å². The summed E-state index contributed by atoms with van der Waals surface area (Å²) in [5, 5.41) is 0. The lowest BCUT2D eigenvalue weighted by Gasteiger charge is -1.87. The molecule has 1 heterocycles. The average Bonchev–Trinajstić information content (AvgIpc) is 2.46. The highest BCUT2D eigenvalue weighted by Crippen LogP contribution is 2.13. The van der Waals surface area contributed by atoms with Gasteiger partial charge in [-0.15, -0.1) is 0 Å². The summed E-state index contributed by atoms with van der Waals surface area (Å²) in [7, 11) is 2.03. The number of fused-ring (bicyclic) bond motifs is 1. The highest BCUT2D eigenvalue weighted by Gasteiger charge is 2.00. The lowest BCUT2D eigenvalue weighted by atomic mass is 9.96. The quantitative estimate of drug-likeness (QED) is 0.570. The third-order valence-corrected chi connectivity index (χ3v) is 1.73. The fraction of sp³-hybridized carbons (Fsp3) is 0. The number of hydrogen-bond donors (Lipinski definition) is 0. The number of rotatable bonds is 1. The van der Waals surface area contributed by atoms with Crippen molar-refractivity contribution in [2.45, 2.75) is 0 Å². The lowest BCUT2D eigenvalue weighted by Crippen LogP contribution is -1.98. The van der Waals surface area contributed by atoms with Gasteiger partial charge in [-0.25, -0.2) is 4.98 Å². The molecule has 58 valence electrons. The number of nitrogens with zero attached hydrogens (tertiary/aromatic N) is 1. The van der Waals surface area contributed by atoms with Crippen molar-refractivity contribution in [3.05, 3.63) is 30.7 Å².